The summed E-state index contributed by atoms with van der Waals surface area (Å²) in [6, 6.07) is 8.94. The molecule has 2 aromatic rings. The van der Waals surface area contributed by atoms with E-state index in [0.29, 0.717) is 5.56 Å². The van der Waals surface area contributed by atoms with Crippen LogP contribution >= 0.6 is 0 Å². The zero-order valence-electron chi connectivity index (χ0n) is 14.3. The van der Waals surface area contributed by atoms with Gasteiger partial charge in [-0.25, -0.2) is 4.79 Å². The van der Waals surface area contributed by atoms with Gasteiger partial charge in [-0.1, -0.05) is 0 Å². The van der Waals surface area contributed by atoms with Gasteiger partial charge in [0.25, 0.3) is 0 Å². The van der Waals surface area contributed by atoms with Crippen LogP contribution in [0.3, 0.4) is 0 Å². The third kappa shape index (κ3) is 5.56. The molecular formula is C18H17N3O6. The molecule has 0 aliphatic carbocycles. The standard InChI is InChI=1S/C18H17N3O6/c1-10(17(24)21-9-15(22)23)8-13-6-7-14(26-13)18(25)27-12-4-2-11(3-5-12)16(19)20/h2-8H,9H2,1H3,(H3,19,20)(H,21,24)(H,22,23)/b10-8+. The van der Waals surface area contributed by atoms with Crippen molar-refractivity contribution in [2.75, 3.05) is 6.54 Å². The lowest BCUT2D eigenvalue weighted by Crippen LogP contribution is -2.29. The topological polar surface area (TPSA) is 156 Å². The number of aliphatic carboxylic acids is 1. The van der Waals surface area contributed by atoms with Crippen LogP contribution in [-0.2, 0) is 9.59 Å². The third-order valence-electron chi connectivity index (χ3n) is 3.32. The Morgan fingerprint density at radius 3 is 2.48 bits per heavy atom. The summed E-state index contributed by atoms with van der Waals surface area (Å²) in [5.74, 6) is -2.15. The molecule has 9 nitrogen and oxygen atoms in total. The number of carboxylic acid groups (broad SMARTS) is 1. The van der Waals surface area contributed by atoms with E-state index in [0.717, 1.165) is 0 Å². The molecule has 1 amide bonds. The number of nitrogens with two attached hydrogens (primary N) is 1. The Morgan fingerprint density at radius 1 is 1.22 bits per heavy atom. The van der Waals surface area contributed by atoms with Gasteiger partial charge in [-0.05, 0) is 49.4 Å². The Bertz CT molecular complexity index is 911. The highest BCUT2D eigenvalue weighted by Gasteiger charge is 2.14. The van der Waals surface area contributed by atoms with Gasteiger partial charge in [0.15, 0.2) is 0 Å². The quantitative estimate of drug-likeness (QED) is 0.188. The Morgan fingerprint density at radius 2 is 1.89 bits per heavy atom. The first-order chi connectivity index (χ1) is 12.8. The van der Waals surface area contributed by atoms with Crippen molar-refractivity contribution in [1.29, 1.82) is 5.41 Å². The van der Waals surface area contributed by atoms with E-state index in [4.69, 9.17) is 25.4 Å². The van der Waals surface area contributed by atoms with E-state index in [1.165, 1.54) is 37.3 Å². The van der Waals surface area contributed by atoms with Crippen LogP contribution in [0.4, 0.5) is 0 Å². The average molecular weight is 371 g/mol. The van der Waals surface area contributed by atoms with E-state index in [1.807, 2.05) is 0 Å². The third-order valence-corrected chi connectivity index (χ3v) is 3.32. The first kappa shape index (κ1) is 19.4. The number of carbonyl (C=O) groups is 3. The van der Waals surface area contributed by atoms with Crippen molar-refractivity contribution >= 4 is 29.8 Å². The van der Waals surface area contributed by atoms with E-state index in [2.05, 4.69) is 5.32 Å². The number of benzene rings is 1. The largest absolute Gasteiger partial charge is 0.480 e. The molecule has 0 spiro atoms. The number of nitrogen functional groups attached to an aromatic ring is 1. The van der Waals surface area contributed by atoms with E-state index < -0.39 is 24.4 Å². The van der Waals surface area contributed by atoms with Crippen LogP contribution in [0.5, 0.6) is 5.75 Å². The van der Waals surface area contributed by atoms with Crippen molar-refractivity contribution < 1.29 is 28.6 Å². The molecule has 0 saturated heterocycles. The zero-order chi connectivity index (χ0) is 20.0. The number of nitrogens with one attached hydrogen (secondary N) is 2. The van der Waals surface area contributed by atoms with Gasteiger partial charge >= 0.3 is 11.9 Å². The monoisotopic (exact) mass is 371 g/mol. The smallest absolute Gasteiger partial charge is 0.379 e. The van der Waals surface area contributed by atoms with Gasteiger partial charge in [0, 0.05) is 11.1 Å². The molecule has 0 fully saturated rings. The summed E-state index contributed by atoms with van der Waals surface area (Å²) in [5.41, 5.74) is 6.06. The van der Waals surface area contributed by atoms with Crippen molar-refractivity contribution in [3.05, 3.63) is 59.1 Å². The predicted molar refractivity (Wildman–Crippen MR) is 95.4 cm³/mol. The van der Waals surface area contributed by atoms with E-state index >= 15 is 0 Å². The highest BCUT2D eigenvalue weighted by molar-refractivity contribution is 5.98. The number of amides is 1. The minimum Gasteiger partial charge on any atom is -0.480 e. The lowest BCUT2D eigenvalue weighted by Gasteiger charge is -2.03. The molecule has 27 heavy (non-hydrogen) atoms. The number of ether oxygens (including phenoxy) is 1. The summed E-state index contributed by atoms with van der Waals surface area (Å²) in [5, 5.41) is 18.1. The number of hydrogen-bond donors (Lipinski definition) is 4. The number of esters is 1. The van der Waals surface area contributed by atoms with Crippen molar-refractivity contribution in [3.8, 4) is 5.75 Å². The van der Waals surface area contributed by atoms with E-state index in [9.17, 15) is 14.4 Å². The number of rotatable bonds is 7. The zero-order valence-corrected chi connectivity index (χ0v) is 14.3. The minimum atomic E-state index is -1.16. The number of furan rings is 1. The summed E-state index contributed by atoms with van der Waals surface area (Å²) in [4.78, 5) is 34.2. The Balaban J connectivity index is 2.02. The number of carbonyl (C=O) groups excluding carboxylic acids is 2. The molecule has 0 aliphatic heterocycles. The number of amidine groups is 1. The maximum atomic E-state index is 12.1. The van der Waals surface area contributed by atoms with Gasteiger partial charge in [-0.2, -0.15) is 0 Å². The fraction of sp³-hybridized carbons (Fsp3) is 0.111. The van der Waals surface area contributed by atoms with E-state index in [-0.39, 0.29) is 28.7 Å². The Hall–Kier alpha value is -3.88. The predicted octanol–water partition coefficient (Wildman–Crippen LogP) is 1.39. The van der Waals surface area contributed by atoms with Crippen LogP contribution in [0.15, 0.2) is 46.4 Å². The van der Waals surface area contributed by atoms with Crippen LogP contribution in [-0.4, -0.2) is 35.3 Å². The molecule has 5 N–H and O–H groups in total. The maximum absolute atomic E-state index is 12.1. The SMILES string of the molecule is C/C(=C\c1ccc(C(=O)Oc2ccc(C(=N)N)cc2)o1)C(=O)NCC(=O)O. The molecule has 0 radical (unpaired) electrons. The van der Waals surface area contributed by atoms with Crippen molar-refractivity contribution in [2.24, 2.45) is 5.73 Å². The highest BCUT2D eigenvalue weighted by Crippen LogP contribution is 2.17. The summed E-state index contributed by atoms with van der Waals surface area (Å²) >= 11 is 0. The van der Waals surface area contributed by atoms with Crippen LogP contribution in [0.1, 0.15) is 28.8 Å². The van der Waals surface area contributed by atoms with Gasteiger partial charge in [0.1, 0.15) is 23.9 Å². The maximum Gasteiger partial charge on any atom is 0.379 e. The van der Waals surface area contributed by atoms with Gasteiger partial charge in [-0.3, -0.25) is 15.0 Å². The van der Waals surface area contributed by atoms with Gasteiger partial charge in [-0.15, -0.1) is 0 Å². The molecule has 0 bridgehead atoms. The van der Waals surface area contributed by atoms with Gasteiger partial charge in [0.2, 0.25) is 11.7 Å². The van der Waals surface area contributed by atoms with Crippen LogP contribution in [0.25, 0.3) is 6.08 Å². The van der Waals surface area contributed by atoms with E-state index in [1.54, 1.807) is 12.1 Å². The minimum absolute atomic E-state index is 0.0735. The van der Waals surface area contributed by atoms with Crippen LogP contribution < -0.4 is 15.8 Å². The molecular weight excluding hydrogens is 354 g/mol. The molecule has 2 rings (SSSR count). The fourth-order valence-corrected chi connectivity index (χ4v) is 1.97. The number of carboxylic acids is 1. The average Bonchev–Trinajstić information content (AvgIpc) is 3.08. The summed E-state index contributed by atoms with van der Waals surface area (Å²) < 4.78 is 10.5. The molecule has 0 unspecified atom stereocenters. The lowest BCUT2D eigenvalue weighted by atomic mass is 10.2. The first-order valence-electron chi connectivity index (χ1n) is 7.71. The van der Waals surface area contributed by atoms with Crippen LogP contribution in [0, 0.1) is 5.41 Å². The molecule has 0 atom stereocenters. The molecule has 0 aliphatic rings. The first-order valence-corrected chi connectivity index (χ1v) is 7.71. The molecule has 1 aromatic heterocycles. The molecule has 9 heteroatoms. The summed E-state index contributed by atoms with van der Waals surface area (Å²) in [6.07, 6.45) is 1.37. The normalized spacial score (nSPS) is 10.9. The van der Waals surface area contributed by atoms with Gasteiger partial charge < -0.3 is 25.3 Å². The van der Waals surface area contributed by atoms with Crippen molar-refractivity contribution in [3.63, 3.8) is 0 Å². The molecule has 1 aromatic carbocycles. The number of hydrogen-bond acceptors (Lipinski definition) is 6. The molecule has 140 valence electrons. The van der Waals surface area contributed by atoms with Crippen molar-refractivity contribution in [2.45, 2.75) is 6.92 Å². The summed E-state index contributed by atoms with van der Waals surface area (Å²) in [6.45, 7) is 0.983. The molecule has 1 heterocycles. The second-order valence-electron chi connectivity index (χ2n) is 5.43. The lowest BCUT2D eigenvalue weighted by molar-refractivity contribution is -0.137. The molecule has 0 saturated carbocycles. The highest BCUT2D eigenvalue weighted by atomic mass is 16.5. The fourth-order valence-electron chi connectivity index (χ4n) is 1.97. The van der Waals surface area contributed by atoms with Gasteiger partial charge in [0.05, 0.1) is 0 Å². The van der Waals surface area contributed by atoms with Crippen LogP contribution in [0.2, 0.25) is 0 Å². The second-order valence-corrected chi connectivity index (χ2v) is 5.43. The Kier molecular flexibility index (Phi) is 6.10. The summed E-state index contributed by atoms with van der Waals surface area (Å²) in [7, 11) is 0. The Labute approximate surface area is 153 Å². The van der Waals surface area contributed by atoms with Crippen molar-refractivity contribution in [1.82, 2.24) is 5.32 Å². The second kappa shape index (κ2) is 8.48.